The molecular formula is C22H25N5O4S3. The smallest absolute Gasteiger partial charge is 0.243 e. The fourth-order valence-electron chi connectivity index (χ4n) is 3.53. The number of nitrogens with zero attached hydrogens (tertiary/aromatic N) is 3. The van der Waals surface area contributed by atoms with Crippen molar-refractivity contribution in [1.29, 1.82) is 0 Å². The van der Waals surface area contributed by atoms with Crippen LogP contribution in [0.15, 0.2) is 58.5 Å². The maximum Gasteiger partial charge on any atom is 0.243 e. The Morgan fingerprint density at radius 2 is 1.85 bits per heavy atom. The van der Waals surface area contributed by atoms with Gasteiger partial charge >= 0.3 is 0 Å². The molecule has 0 radical (unpaired) electrons. The molecule has 2 aromatic carbocycles. The van der Waals surface area contributed by atoms with Crippen molar-refractivity contribution in [1.82, 2.24) is 19.6 Å². The highest BCUT2D eigenvalue weighted by Crippen LogP contribution is 2.18. The van der Waals surface area contributed by atoms with Crippen molar-refractivity contribution in [2.24, 2.45) is 12.1 Å². The number of para-hydroxylation sites is 1. The van der Waals surface area contributed by atoms with E-state index in [9.17, 15) is 13.2 Å². The Balaban J connectivity index is 1.28. The molecule has 4 rings (SSSR count). The number of morpholine rings is 1. The fraction of sp³-hybridized carbons (Fsp3) is 0.318. The quantitative estimate of drug-likeness (QED) is 0.380. The van der Waals surface area contributed by atoms with Gasteiger partial charge in [0.05, 0.1) is 28.3 Å². The van der Waals surface area contributed by atoms with Gasteiger partial charge in [-0.2, -0.15) is 4.31 Å². The van der Waals surface area contributed by atoms with E-state index in [1.807, 2.05) is 35.9 Å². The number of ether oxygens (including phenoxy) is 1. The lowest BCUT2D eigenvalue weighted by Gasteiger charge is -2.26. The van der Waals surface area contributed by atoms with E-state index in [-0.39, 0.29) is 22.3 Å². The largest absolute Gasteiger partial charge is 0.379 e. The predicted molar refractivity (Wildman–Crippen MR) is 135 cm³/mol. The number of benzene rings is 2. The van der Waals surface area contributed by atoms with Crippen molar-refractivity contribution in [3.05, 3.63) is 58.9 Å². The molecule has 1 aliphatic rings. The van der Waals surface area contributed by atoms with Gasteiger partial charge in [-0.3, -0.25) is 10.2 Å². The molecule has 0 aliphatic carbocycles. The molecule has 0 unspecified atom stereocenters. The van der Waals surface area contributed by atoms with Gasteiger partial charge in [0.25, 0.3) is 0 Å². The van der Waals surface area contributed by atoms with Gasteiger partial charge in [0, 0.05) is 26.6 Å². The topological polar surface area (TPSA) is 105 Å². The second-order valence-corrected chi connectivity index (χ2v) is 11.0. The lowest BCUT2D eigenvalue weighted by atomic mass is 10.1. The lowest BCUT2D eigenvalue weighted by molar-refractivity contribution is -0.119. The molecule has 2 N–H and O–H groups in total. The maximum atomic E-state index is 12.7. The van der Waals surface area contributed by atoms with Crippen LogP contribution in [0, 0.1) is 0 Å². The molecule has 180 valence electrons. The van der Waals surface area contributed by atoms with E-state index >= 15 is 0 Å². The van der Waals surface area contributed by atoms with Crippen molar-refractivity contribution >= 4 is 54.8 Å². The van der Waals surface area contributed by atoms with Crippen molar-refractivity contribution in [3.8, 4) is 0 Å². The highest BCUT2D eigenvalue weighted by atomic mass is 32.2. The van der Waals surface area contributed by atoms with E-state index in [4.69, 9.17) is 17.0 Å². The first-order valence-corrected chi connectivity index (χ1v) is 13.4. The summed E-state index contributed by atoms with van der Waals surface area (Å²) in [6.07, 6.45) is 0.656. The Bertz CT molecular complexity index is 1360. The summed E-state index contributed by atoms with van der Waals surface area (Å²) in [4.78, 5) is 13.2. The number of sulfonamides is 1. The molecule has 0 bridgehead atoms. The molecule has 2 heterocycles. The van der Waals surface area contributed by atoms with Crippen LogP contribution in [0.5, 0.6) is 0 Å². The molecule has 0 spiro atoms. The first-order valence-electron chi connectivity index (χ1n) is 10.7. The molecule has 1 saturated heterocycles. The molecular weight excluding hydrogens is 494 g/mol. The molecule has 1 aromatic heterocycles. The summed E-state index contributed by atoms with van der Waals surface area (Å²) in [7, 11) is -1.61. The van der Waals surface area contributed by atoms with Crippen LogP contribution in [0.25, 0.3) is 10.2 Å². The Kier molecular flexibility index (Phi) is 7.73. The number of fused-ring (bicyclic) bond motifs is 1. The van der Waals surface area contributed by atoms with Gasteiger partial charge in [0.2, 0.25) is 20.7 Å². The minimum atomic E-state index is -3.53. The molecule has 12 heteroatoms. The van der Waals surface area contributed by atoms with E-state index < -0.39 is 10.0 Å². The SMILES string of the molecule is Cn1c(=NNC(=S)NC(=O)CCc2ccc(S(=O)(=O)N3CCOCC3)cc2)sc2ccccc21. The van der Waals surface area contributed by atoms with Crippen LogP contribution in [0.2, 0.25) is 0 Å². The van der Waals surface area contributed by atoms with Crippen LogP contribution in [0.4, 0.5) is 0 Å². The summed E-state index contributed by atoms with van der Waals surface area (Å²) in [6, 6.07) is 14.6. The number of hydrogen-bond donors (Lipinski definition) is 2. The van der Waals surface area contributed by atoms with Crippen LogP contribution in [-0.2, 0) is 33.0 Å². The average molecular weight is 520 g/mol. The van der Waals surface area contributed by atoms with Gasteiger partial charge in [-0.25, -0.2) is 8.42 Å². The second kappa shape index (κ2) is 10.7. The lowest BCUT2D eigenvalue weighted by Crippen LogP contribution is -2.40. The van der Waals surface area contributed by atoms with Crippen molar-refractivity contribution in [2.75, 3.05) is 26.3 Å². The third-order valence-corrected chi connectivity index (χ3v) is 8.61. The molecule has 1 aliphatic heterocycles. The average Bonchev–Trinajstić information content (AvgIpc) is 3.18. The summed E-state index contributed by atoms with van der Waals surface area (Å²) < 4.78 is 35.1. The van der Waals surface area contributed by atoms with Crippen LogP contribution in [-0.4, -0.2) is 54.6 Å². The van der Waals surface area contributed by atoms with Crippen LogP contribution < -0.4 is 15.5 Å². The molecule has 1 amide bonds. The maximum absolute atomic E-state index is 12.7. The zero-order valence-electron chi connectivity index (χ0n) is 18.6. The summed E-state index contributed by atoms with van der Waals surface area (Å²) in [6.45, 7) is 1.51. The zero-order valence-corrected chi connectivity index (χ0v) is 21.0. The zero-order chi connectivity index (χ0) is 24.1. The standard InChI is InChI=1S/C22H25N5O4S3/c1-26-18-4-2-3-5-19(18)33-22(26)25-24-21(32)23-20(28)11-8-16-6-9-17(10-7-16)34(29,30)27-12-14-31-15-13-27/h2-7,9-10H,8,11-15H2,1H3,(H2,23,24,28,32). The van der Waals surface area contributed by atoms with Crippen LogP contribution >= 0.6 is 23.6 Å². The predicted octanol–water partition coefficient (Wildman–Crippen LogP) is 1.70. The number of carbonyl (C=O) groups is 1. The number of aryl methyl sites for hydroxylation is 2. The summed E-state index contributed by atoms with van der Waals surface area (Å²) in [5.41, 5.74) is 4.64. The molecule has 0 saturated carbocycles. The highest BCUT2D eigenvalue weighted by molar-refractivity contribution is 7.89. The molecule has 34 heavy (non-hydrogen) atoms. The summed E-state index contributed by atoms with van der Waals surface area (Å²) in [5, 5.41) is 7.03. The number of nitrogens with one attached hydrogen (secondary N) is 2. The van der Waals surface area contributed by atoms with Crippen molar-refractivity contribution in [2.45, 2.75) is 17.7 Å². The molecule has 3 aromatic rings. The Labute approximate surface area is 207 Å². The Morgan fingerprint density at radius 3 is 2.56 bits per heavy atom. The monoisotopic (exact) mass is 519 g/mol. The summed E-state index contributed by atoms with van der Waals surface area (Å²) in [5.74, 6) is -0.251. The van der Waals surface area contributed by atoms with E-state index in [1.54, 1.807) is 24.3 Å². The third kappa shape index (κ3) is 5.70. The van der Waals surface area contributed by atoms with E-state index in [0.717, 1.165) is 20.6 Å². The molecule has 0 atom stereocenters. The normalized spacial score (nSPS) is 15.4. The first kappa shape index (κ1) is 24.5. The van der Waals surface area contributed by atoms with Gasteiger partial charge in [-0.15, -0.1) is 5.10 Å². The number of carbonyl (C=O) groups excluding carboxylic acids is 1. The highest BCUT2D eigenvalue weighted by Gasteiger charge is 2.26. The minimum Gasteiger partial charge on any atom is -0.379 e. The van der Waals surface area contributed by atoms with Gasteiger partial charge < -0.3 is 14.6 Å². The molecule has 1 fully saturated rings. The van der Waals surface area contributed by atoms with Gasteiger partial charge in [-0.1, -0.05) is 35.6 Å². The summed E-state index contributed by atoms with van der Waals surface area (Å²) >= 11 is 6.70. The number of amides is 1. The number of hydrogen-bond acceptors (Lipinski definition) is 7. The van der Waals surface area contributed by atoms with Gasteiger partial charge in [0.15, 0.2) is 5.11 Å². The van der Waals surface area contributed by atoms with E-state index in [2.05, 4.69) is 15.8 Å². The van der Waals surface area contributed by atoms with Crippen molar-refractivity contribution < 1.29 is 17.9 Å². The van der Waals surface area contributed by atoms with Crippen LogP contribution in [0.1, 0.15) is 12.0 Å². The Hall–Kier alpha value is -2.64. The molecule has 9 nitrogen and oxygen atoms in total. The third-order valence-electron chi connectivity index (χ3n) is 5.39. The van der Waals surface area contributed by atoms with Gasteiger partial charge in [-0.05, 0) is 48.5 Å². The van der Waals surface area contributed by atoms with E-state index in [1.165, 1.54) is 15.6 Å². The number of aromatic nitrogens is 1. The van der Waals surface area contributed by atoms with Crippen molar-refractivity contribution in [3.63, 3.8) is 0 Å². The first-order chi connectivity index (χ1) is 16.3. The van der Waals surface area contributed by atoms with Crippen LogP contribution in [0.3, 0.4) is 0 Å². The van der Waals surface area contributed by atoms with E-state index in [0.29, 0.717) is 32.7 Å². The number of thiazole rings is 1. The minimum absolute atomic E-state index is 0.120. The second-order valence-electron chi connectivity index (χ2n) is 7.67. The van der Waals surface area contributed by atoms with Gasteiger partial charge in [0.1, 0.15) is 0 Å². The Morgan fingerprint density at radius 1 is 1.15 bits per heavy atom. The number of rotatable bonds is 6. The number of thiocarbonyl (C=S) groups is 1. The fourth-order valence-corrected chi connectivity index (χ4v) is 6.07.